The molecule has 2 aromatic rings. The summed E-state index contributed by atoms with van der Waals surface area (Å²) in [6.07, 6.45) is 7.42. The molecule has 0 spiro atoms. The molecule has 1 unspecified atom stereocenters. The van der Waals surface area contributed by atoms with E-state index in [4.69, 9.17) is 0 Å². The highest BCUT2D eigenvalue weighted by atomic mass is 16.4. The Morgan fingerprint density at radius 3 is 3.05 bits per heavy atom. The Morgan fingerprint density at radius 1 is 1.43 bits per heavy atom. The fourth-order valence-corrected chi connectivity index (χ4v) is 3.30. The maximum atomic E-state index is 11.7. The van der Waals surface area contributed by atoms with E-state index in [0.717, 1.165) is 32.2 Å². The Morgan fingerprint density at radius 2 is 2.29 bits per heavy atom. The van der Waals surface area contributed by atoms with Gasteiger partial charge in [0.25, 0.3) is 0 Å². The molecule has 112 valence electrons. The quantitative estimate of drug-likeness (QED) is 0.938. The molecule has 0 amide bonds. The molecule has 3 heterocycles. The van der Waals surface area contributed by atoms with E-state index in [1.807, 2.05) is 18.2 Å². The molecule has 1 aliphatic rings. The van der Waals surface area contributed by atoms with Crippen LogP contribution in [0.4, 0.5) is 5.82 Å². The fourth-order valence-electron chi connectivity index (χ4n) is 3.30. The molecule has 1 atom stereocenters. The van der Waals surface area contributed by atoms with Gasteiger partial charge in [-0.15, -0.1) is 0 Å². The first kappa shape index (κ1) is 13.9. The minimum Gasteiger partial charge on any atom is -0.476 e. The number of aromatic carboxylic acids is 1. The van der Waals surface area contributed by atoms with Crippen molar-refractivity contribution in [1.82, 2.24) is 9.38 Å². The topological polar surface area (TPSA) is 57.8 Å². The van der Waals surface area contributed by atoms with Crippen molar-refractivity contribution >= 4 is 17.4 Å². The van der Waals surface area contributed by atoms with Crippen molar-refractivity contribution < 1.29 is 9.90 Å². The number of piperidine rings is 1. The second kappa shape index (κ2) is 5.76. The van der Waals surface area contributed by atoms with Gasteiger partial charge in [0.1, 0.15) is 5.65 Å². The molecule has 21 heavy (non-hydrogen) atoms. The zero-order chi connectivity index (χ0) is 14.8. The first-order chi connectivity index (χ1) is 10.2. The van der Waals surface area contributed by atoms with Gasteiger partial charge >= 0.3 is 5.97 Å². The van der Waals surface area contributed by atoms with Gasteiger partial charge in [0.05, 0.1) is 0 Å². The predicted molar refractivity (Wildman–Crippen MR) is 82.0 cm³/mol. The third-order valence-electron chi connectivity index (χ3n) is 4.24. The maximum Gasteiger partial charge on any atom is 0.356 e. The SMILES string of the molecule is CCCC1CCCCN1c1nc2ccccn2c1C(=O)O. The average Bonchev–Trinajstić information content (AvgIpc) is 2.87. The largest absolute Gasteiger partial charge is 0.476 e. The summed E-state index contributed by atoms with van der Waals surface area (Å²) >= 11 is 0. The molecule has 2 aromatic heterocycles. The fraction of sp³-hybridized carbons (Fsp3) is 0.500. The maximum absolute atomic E-state index is 11.7. The van der Waals surface area contributed by atoms with E-state index in [9.17, 15) is 9.90 Å². The summed E-state index contributed by atoms with van der Waals surface area (Å²) in [4.78, 5) is 18.5. The number of carbonyl (C=O) groups is 1. The van der Waals surface area contributed by atoms with Crippen LogP contribution in [-0.4, -0.2) is 33.0 Å². The predicted octanol–water partition coefficient (Wildman–Crippen LogP) is 3.19. The lowest BCUT2D eigenvalue weighted by atomic mass is 9.98. The van der Waals surface area contributed by atoms with Crippen LogP contribution in [0.1, 0.15) is 49.5 Å². The summed E-state index contributed by atoms with van der Waals surface area (Å²) in [6, 6.07) is 5.99. The van der Waals surface area contributed by atoms with Gasteiger partial charge < -0.3 is 10.0 Å². The number of hydrogen-bond donors (Lipinski definition) is 1. The van der Waals surface area contributed by atoms with E-state index in [1.165, 1.54) is 6.42 Å². The number of nitrogens with zero attached hydrogens (tertiary/aromatic N) is 3. The smallest absolute Gasteiger partial charge is 0.356 e. The molecular formula is C16H21N3O2. The normalized spacial score (nSPS) is 19.1. The van der Waals surface area contributed by atoms with Crippen molar-refractivity contribution in [3.8, 4) is 0 Å². The minimum absolute atomic E-state index is 0.286. The van der Waals surface area contributed by atoms with Gasteiger partial charge in [-0.1, -0.05) is 19.4 Å². The summed E-state index contributed by atoms with van der Waals surface area (Å²) < 4.78 is 1.68. The molecule has 0 aromatic carbocycles. The molecule has 5 heteroatoms. The van der Waals surface area contributed by atoms with Gasteiger partial charge in [-0.05, 0) is 37.8 Å². The van der Waals surface area contributed by atoms with E-state index in [0.29, 0.717) is 17.5 Å². The highest BCUT2D eigenvalue weighted by Gasteiger charge is 2.29. The summed E-state index contributed by atoms with van der Waals surface area (Å²) in [5.74, 6) is -0.281. The molecule has 1 aliphatic heterocycles. The van der Waals surface area contributed by atoms with Crippen LogP contribution in [0.15, 0.2) is 24.4 Å². The van der Waals surface area contributed by atoms with Crippen molar-refractivity contribution in [2.24, 2.45) is 0 Å². The number of carboxylic acids is 1. The van der Waals surface area contributed by atoms with E-state index < -0.39 is 5.97 Å². The van der Waals surface area contributed by atoms with Gasteiger partial charge in [-0.25, -0.2) is 9.78 Å². The third kappa shape index (κ3) is 2.48. The number of aromatic nitrogens is 2. The highest BCUT2D eigenvalue weighted by molar-refractivity contribution is 5.93. The number of pyridine rings is 1. The number of imidazole rings is 1. The lowest BCUT2D eigenvalue weighted by molar-refractivity contribution is 0.0690. The molecular weight excluding hydrogens is 266 g/mol. The molecule has 1 fully saturated rings. The standard InChI is InChI=1S/C16H21N3O2/c1-2-7-12-8-3-5-10-18(12)15-14(16(20)21)19-11-6-4-9-13(19)17-15/h4,6,9,11-12H,2-3,5,7-8,10H2,1H3,(H,20,21). The van der Waals surface area contributed by atoms with Crippen LogP contribution >= 0.6 is 0 Å². The number of fused-ring (bicyclic) bond motifs is 1. The first-order valence-corrected chi connectivity index (χ1v) is 7.69. The Balaban J connectivity index is 2.09. The Hall–Kier alpha value is -2.04. The van der Waals surface area contributed by atoms with E-state index in [-0.39, 0.29) is 5.69 Å². The summed E-state index contributed by atoms with van der Waals surface area (Å²) in [5, 5.41) is 9.61. The minimum atomic E-state index is -0.912. The summed E-state index contributed by atoms with van der Waals surface area (Å²) in [5.41, 5.74) is 0.985. The van der Waals surface area contributed by atoms with Crippen molar-refractivity contribution in [2.45, 2.75) is 45.1 Å². The van der Waals surface area contributed by atoms with Crippen LogP contribution in [0.3, 0.4) is 0 Å². The van der Waals surface area contributed by atoms with Crippen molar-refractivity contribution in [2.75, 3.05) is 11.4 Å². The molecule has 5 nitrogen and oxygen atoms in total. The van der Waals surface area contributed by atoms with Crippen molar-refractivity contribution in [1.29, 1.82) is 0 Å². The second-order valence-electron chi connectivity index (χ2n) is 5.65. The molecule has 0 saturated carbocycles. The lowest BCUT2D eigenvalue weighted by Crippen LogP contribution is -2.40. The first-order valence-electron chi connectivity index (χ1n) is 7.69. The van der Waals surface area contributed by atoms with Crippen LogP contribution < -0.4 is 4.90 Å². The highest BCUT2D eigenvalue weighted by Crippen LogP contribution is 2.30. The van der Waals surface area contributed by atoms with Gasteiger partial charge in [-0.3, -0.25) is 4.40 Å². The molecule has 1 saturated heterocycles. The monoisotopic (exact) mass is 287 g/mol. The number of carboxylic acid groups (broad SMARTS) is 1. The number of anilines is 1. The van der Waals surface area contributed by atoms with Gasteiger partial charge in [0, 0.05) is 18.8 Å². The van der Waals surface area contributed by atoms with Crippen LogP contribution in [-0.2, 0) is 0 Å². The Kier molecular flexibility index (Phi) is 3.82. The zero-order valence-corrected chi connectivity index (χ0v) is 12.3. The van der Waals surface area contributed by atoms with Crippen LogP contribution in [0.25, 0.3) is 5.65 Å². The summed E-state index contributed by atoms with van der Waals surface area (Å²) in [6.45, 7) is 3.07. The van der Waals surface area contributed by atoms with Gasteiger partial charge in [-0.2, -0.15) is 0 Å². The van der Waals surface area contributed by atoms with Crippen molar-refractivity contribution in [3.63, 3.8) is 0 Å². The van der Waals surface area contributed by atoms with Crippen molar-refractivity contribution in [3.05, 3.63) is 30.1 Å². The van der Waals surface area contributed by atoms with Crippen LogP contribution in [0.2, 0.25) is 0 Å². The molecule has 3 rings (SSSR count). The van der Waals surface area contributed by atoms with Crippen LogP contribution in [0, 0.1) is 0 Å². The molecule has 0 radical (unpaired) electrons. The Labute approximate surface area is 124 Å². The third-order valence-corrected chi connectivity index (χ3v) is 4.24. The molecule has 1 N–H and O–H groups in total. The average molecular weight is 287 g/mol. The van der Waals surface area contributed by atoms with E-state index >= 15 is 0 Å². The van der Waals surface area contributed by atoms with Gasteiger partial charge in [0.2, 0.25) is 0 Å². The summed E-state index contributed by atoms with van der Waals surface area (Å²) in [7, 11) is 0. The Bertz CT molecular complexity index is 648. The zero-order valence-electron chi connectivity index (χ0n) is 12.3. The number of hydrogen-bond acceptors (Lipinski definition) is 3. The van der Waals surface area contributed by atoms with Gasteiger partial charge in [0.15, 0.2) is 11.5 Å². The van der Waals surface area contributed by atoms with E-state index in [1.54, 1.807) is 10.6 Å². The second-order valence-corrected chi connectivity index (χ2v) is 5.65. The number of rotatable bonds is 4. The van der Waals surface area contributed by atoms with Crippen LogP contribution in [0.5, 0.6) is 0 Å². The molecule has 0 aliphatic carbocycles. The lowest BCUT2D eigenvalue weighted by Gasteiger charge is -2.36. The molecule has 0 bridgehead atoms. The van der Waals surface area contributed by atoms with E-state index in [2.05, 4.69) is 16.8 Å².